The van der Waals surface area contributed by atoms with E-state index in [0.717, 1.165) is 15.7 Å². The van der Waals surface area contributed by atoms with E-state index in [1.165, 1.54) is 35.2 Å². The number of furan rings is 1. The molecular formula is C28H25FN4O5S2. The van der Waals surface area contributed by atoms with Crippen molar-refractivity contribution in [3.05, 3.63) is 71.1 Å². The molecule has 1 aliphatic rings. The van der Waals surface area contributed by atoms with E-state index >= 15 is 0 Å². The van der Waals surface area contributed by atoms with Gasteiger partial charge in [-0.1, -0.05) is 12.1 Å². The zero-order chi connectivity index (χ0) is 28.0. The number of hydrogen-bond donors (Lipinski definition) is 1. The summed E-state index contributed by atoms with van der Waals surface area (Å²) in [5, 5.41) is 4.04. The Balaban J connectivity index is 1.16. The zero-order valence-corrected chi connectivity index (χ0v) is 23.7. The summed E-state index contributed by atoms with van der Waals surface area (Å²) in [6.45, 7) is 5.64. The van der Waals surface area contributed by atoms with Crippen LogP contribution >= 0.6 is 23.1 Å². The molecule has 0 saturated heterocycles. The summed E-state index contributed by atoms with van der Waals surface area (Å²) in [4.78, 5) is 21.5. The van der Waals surface area contributed by atoms with Gasteiger partial charge in [-0.05, 0) is 50.7 Å². The number of nitrogens with one attached hydrogen (secondary N) is 1. The molecule has 1 aliphatic heterocycles. The first-order chi connectivity index (χ1) is 19.1. The molecule has 4 heterocycles. The Bertz CT molecular complexity index is 1680. The number of nitrogens with zero attached hydrogens (tertiary/aromatic N) is 3. The van der Waals surface area contributed by atoms with Gasteiger partial charge in [0.1, 0.15) is 40.1 Å². The van der Waals surface area contributed by atoms with E-state index in [2.05, 4.69) is 15.4 Å². The number of carbonyl (C=O) groups is 1. The van der Waals surface area contributed by atoms with E-state index in [0.29, 0.717) is 39.4 Å². The molecule has 5 aromatic rings. The molecule has 1 atom stereocenters. The fourth-order valence-electron chi connectivity index (χ4n) is 4.06. The number of imidazole rings is 1. The lowest BCUT2D eigenvalue weighted by atomic mass is 10.1. The van der Waals surface area contributed by atoms with Crippen LogP contribution in [0, 0.1) is 5.82 Å². The minimum Gasteiger partial charge on any atom is -0.486 e. The summed E-state index contributed by atoms with van der Waals surface area (Å²) in [5.41, 5.74) is 5.37. The van der Waals surface area contributed by atoms with Crippen molar-refractivity contribution in [3.63, 3.8) is 0 Å². The summed E-state index contributed by atoms with van der Waals surface area (Å²) in [6.07, 6.45) is 1.80. The first-order valence-electron chi connectivity index (χ1n) is 12.3. The van der Waals surface area contributed by atoms with Gasteiger partial charge in [0.15, 0.2) is 16.5 Å². The van der Waals surface area contributed by atoms with Gasteiger partial charge in [-0.2, -0.15) is 0 Å². The monoisotopic (exact) mass is 580 g/mol. The number of thiazole rings is 1. The number of benzene rings is 2. The van der Waals surface area contributed by atoms with Crippen LogP contribution in [0.15, 0.2) is 63.6 Å². The summed E-state index contributed by atoms with van der Waals surface area (Å²) < 4.78 is 38.8. The van der Waals surface area contributed by atoms with E-state index in [4.69, 9.17) is 18.6 Å². The molecule has 206 valence electrons. The molecule has 0 aliphatic carbocycles. The van der Waals surface area contributed by atoms with E-state index in [-0.39, 0.29) is 18.1 Å². The smallest absolute Gasteiger partial charge is 0.338 e. The summed E-state index contributed by atoms with van der Waals surface area (Å²) in [7, 11) is 1.62. The average Bonchev–Trinajstić information content (AvgIpc) is 3.68. The van der Waals surface area contributed by atoms with Crippen LogP contribution < -0.4 is 10.2 Å². The fourth-order valence-corrected chi connectivity index (χ4v) is 5.69. The number of thioether (sulfide) groups is 1. The highest BCUT2D eigenvalue weighted by Crippen LogP contribution is 2.37. The lowest BCUT2D eigenvalue weighted by molar-refractivity contribution is 0.00695. The van der Waals surface area contributed by atoms with Gasteiger partial charge in [-0.3, -0.25) is 5.43 Å². The second-order valence-corrected chi connectivity index (χ2v) is 11.9. The molecular weight excluding hydrogens is 555 g/mol. The van der Waals surface area contributed by atoms with E-state index < -0.39 is 11.4 Å². The highest BCUT2D eigenvalue weighted by molar-refractivity contribution is 7.99. The number of esters is 1. The van der Waals surface area contributed by atoms with Crippen molar-refractivity contribution in [3.8, 4) is 27.8 Å². The van der Waals surface area contributed by atoms with Gasteiger partial charge in [0.2, 0.25) is 0 Å². The second kappa shape index (κ2) is 10.3. The maximum absolute atomic E-state index is 14.4. The van der Waals surface area contributed by atoms with Crippen molar-refractivity contribution >= 4 is 40.0 Å². The van der Waals surface area contributed by atoms with Crippen LogP contribution in [0.4, 0.5) is 4.39 Å². The number of ether oxygens (including phenoxy) is 3. The molecule has 0 fully saturated rings. The topological polar surface area (TPSA) is 101 Å². The molecule has 6 rings (SSSR count). The second-order valence-electron chi connectivity index (χ2n) is 10.0. The van der Waals surface area contributed by atoms with Crippen LogP contribution in [0.5, 0.6) is 5.75 Å². The molecule has 0 amide bonds. The number of hydrogen-bond acceptors (Lipinski definition) is 10. The van der Waals surface area contributed by atoms with E-state index in [1.807, 2.05) is 38.3 Å². The van der Waals surface area contributed by atoms with Crippen molar-refractivity contribution in [1.82, 2.24) is 14.6 Å². The van der Waals surface area contributed by atoms with Crippen molar-refractivity contribution in [2.24, 2.45) is 0 Å². The molecule has 9 nitrogen and oxygen atoms in total. The SMILES string of the molecule is COC1Nn2cc(-c3cc4c(OCc5csc(-c6ccc(C(=O)OC(C)(C)C)cc6)n5)cc(F)cc4o3)nc2S1. The van der Waals surface area contributed by atoms with Gasteiger partial charge in [0.25, 0.3) is 0 Å². The van der Waals surface area contributed by atoms with E-state index in [1.54, 1.807) is 36.2 Å². The lowest BCUT2D eigenvalue weighted by Gasteiger charge is -2.19. The quantitative estimate of drug-likeness (QED) is 0.212. The maximum Gasteiger partial charge on any atom is 0.338 e. The van der Waals surface area contributed by atoms with Crippen molar-refractivity contribution in [2.45, 2.75) is 43.7 Å². The third-order valence-electron chi connectivity index (χ3n) is 5.85. The van der Waals surface area contributed by atoms with Crippen molar-refractivity contribution < 1.29 is 27.8 Å². The molecule has 0 radical (unpaired) electrons. The molecule has 12 heteroatoms. The first kappa shape index (κ1) is 26.4. The Labute approximate surface area is 237 Å². The van der Waals surface area contributed by atoms with Crippen LogP contribution in [-0.4, -0.2) is 38.9 Å². The molecule has 40 heavy (non-hydrogen) atoms. The predicted molar refractivity (Wildman–Crippen MR) is 150 cm³/mol. The third kappa shape index (κ3) is 5.42. The Morgan fingerprint density at radius 3 is 2.70 bits per heavy atom. The van der Waals surface area contributed by atoms with Gasteiger partial charge < -0.3 is 18.6 Å². The van der Waals surface area contributed by atoms with Gasteiger partial charge in [0.05, 0.1) is 22.8 Å². The summed E-state index contributed by atoms with van der Waals surface area (Å²) >= 11 is 2.90. The third-order valence-corrected chi connectivity index (χ3v) is 7.81. The number of fused-ring (bicyclic) bond motifs is 2. The largest absolute Gasteiger partial charge is 0.486 e. The Morgan fingerprint density at radius 2 is 1.98 bits per heavy atom. The summed E-state index contributed by atoms with van der Waals surface area (Å²) in [6, 6.07) is 11.6. The minimum absolute atomic E-state index is 0.142. The van der Waals surface area contributed by atoms with Gasteiger partial charge in [-0.15, -0.1) is 11.3 Å². The fraction of sp³-hybridized carbons (Fsp3) is 0.250. The number of methoxy groups -OCH3 is 1. The molecule has 2 aromatic carbocycles. The molecule has 0 spiro atoms. The Kier molecular flexibility index (Phi) is 6.77. The first-order valence-corrected chi connectivity index (χ1v) is 14.1. The highest BCUT2D eigenvalue weighted by Gasteiger charge is 2.25. The lowest BCUT2D eigenvalue weighted by Crippen LogP contribution is -2.23. The zero-order valence-electron chi connectivity index (χ0n) is 22.1. The molecule has 1 unspecified atom stereocenters. The maximum atomic E-state index is 14.4. The van der Waals surface area contributed by atoms with Crippen LogP contribution in [0.2, 0.25) is 0 Å². The molecule has 0 bridgehead atoms. The van der Waals surface area contributed by atoms with Crippen LogP contribution in [0.25, 0.3) is 33.0 Å². The Morgan fingerprint density at radius 1 is 1.18 bits per heavy atom. The predicted octanol–water partition coefficient (Wildman–Crippen LogP) is 6.67. The van der Waals surface area contributed by atoms with Gasteiger partial charge >= 0.3 is 5.97 Å². The minimum atomic E-state index is -0.560. The number of carbonyl (C=O) groups excluding carboxylic acids is 1. The number of rotatable bonds is 7. The Hall–Kier alpha value is -3.87. The van der Waals surface area contributed by atoms with Gasteiger partial charge in [-0.25, -0.2) is 23.8 Å². The summed E-state index contributed by atoms with van der Waals surface area (Å²) in [5.74, 6) is -0.00206. The van der Waals surface area contributed by atoms with Crippen LogP contribution in [0.3, 0.4) is 0 Å². The number of aromatic nitrogens is 3. The van der Waals surface area contributed by atoms with Gasteiger partial charge in [0, 0.05) is 30.2 Å². The highest BCUT2D eigenvalue weighted by atomic mass is 32.2. The normalized spacial score (nSPS) is 14.8. The van der Waals surface area contributed by atoms with Crippen molar-refractivity contribution in [2.75, 3.05) is 12.5 Å². The van der Waals surface area contributed by atoms with Crippen LogP contribution in [-0.2, 0) is 16.1 Å². The molecule has 1 N–H and O–H groups in total. The van der Waals surface area contributed by atoms with Crippen LogP contribution in [0.1, 0.15) is 36.8 Å². The van der Waals surface area contributed by atoms with E-state index in [9.17, 15) is 9.18 Å². The standard InChI is InChI=1S/C28H25FN4O5S2/c1-28(2,3)38-25(34)16-7-5-15(6-8-16)24-30-18(14-39-24)13-36-21-9-17(29)10-22-19(21)11-23(37-22)20-12-33-26(31-20)40-27(32-33)35-4/h5-12,14,27,32H,13H2,1-4H3. The molecule has 3 aromatic heterocycles. The molecule has 0 saturated carbocycles. The van der Waals surface area contributed by atoms with Crippen molar-refractivity contribution in [1.29, 1.82) is 0 Å². The number of halogens is 1. The average molecular weight is 581 g/mol.